The number of rotatable bonds is 12. The van der Waals surface area contributed by atoms with Crippen molar-refractivity contribution in [1.29, 1.82) is 0 Å². The maximum Gasteiger partial charge on any atom is 0.333 e. The number of primary amides is 1. The largest absolute Gasteiger partial charge is 0.489 e. The van der Waals surface area contributed by atoms with Crippen molar-refractivity contribution in [3.63, 3.8) is 0 Å². The number of ether oxygens (including phenoxy) is 2. The zero-order valence-corrected chi connectivity index (χ0v) is 26.7. The molecule has 0 saturated heterocycles. The molecule has 8 heteroatoms. The normalized spacial score (nSPS) is 13.9. The Balaban J connectivity index is 1.37. The summed E-state index contributed by atoms with van der Waals surface area (Å²) in [6.45, 7) is 4.52. The summed E-state index contributed by atoms with van der Waals surface area (Å²) in [7, 11) is 0. The lowest BCUT2D eigenvalue weighted by molar-refractivity contribution is -0.138. The Labute approximate surface area is 270 Å². The smallest absolute Gasteiger partial charge is 0.333 e. The molecule has 1 saturated carbocycles. The third kappa shape index (κ3) is 8.22. The summed E-state index contributed by atoms with van der Waals surface area (Å²) in [5.41, 5.74) is 11.0. The molecule has 234 valence electrons. The Kier molecular flexibility index (Phi) is 10.7. The Bertz CT molecular complexity index is 1650. The van der Waals surface area contributed by atoms with E-state index in [0.29, 0.717) is 34.6 Å². The van der Waals surface area contributed by atoms with Gasteiger partial charge in [-0.25, -0.2) is 9.78 Å². The van der Waals surface area contributed by atoms with E-state index in [-0.39, 0.29) is 12.6 Å². The van der Waals surface area contributed by atoms with Gasteiger partial charge in [-0.05, 0) is 97.5 Å². The number of benzene rings is 3. The van der Waals surface area contributed by atoms with Crippen molar-refractivity contribution in [2.75, 3.05) is 6.61 Å². The van der Waals surface area contributed by atoms with Gasteiger partial charge in [-0.3, -0.25) is 4.79 Å². The number of nitrogens with two attached hydrogens (primary N) is 1. The van der Waals surface area contributed by atoms with Crippen LogP contribution in [0.2, 0.25) is 5.02 Å². The number of aromatic nitrogens is 2. The lowest BCUT2D eigenvalue weighted by Gasteiger charge is -2.24. The van der Waals surface area contributed by atoms with Crippen molar-refractivity contribution < 1.29 is 19.1 Å². The van der Waals surface area contributed by atoms with Gasteiger partial charge < -0.3 is 19.8 Å². The molecular formula is C37H40ClN3O4. The molecule has 5 rings (SSSR count). The van der Waals surface area contributed by atoms with Gasteiger partial charge in [0, 0.05) is 34.0 Å². The second-order valence-electron chi connectivity index (χ2n) is 11.6. The molecule has 1 heterocycles. The molecule has 0 aliphatic heterocycles. The van der Waals surface area contributed by atoms with Crippen molar-refractivity contribution in [3.8, 4) is 28.3 Å². The quantitative estimate of drug-likeness (QED) is 0.0964. The highest BCUT2D eigenvalue weighted by atomic mass is 35.5. The first-order valence-electron chi connectivity index (χ1n) is 15.7. The van der Waals surface area contributed by atoms with E-state index in [1.807, 2.05) is 60.7 Å². The Hall–Kier alpha value is -4.36. The average molecular weight is 626 g/mol. The van der Waals surface area contributed by atoms with E-state index in [4.69, 9.17) is 31.8 Å². The highest BCUT2D eigenvalue weighted by Gasteiger charge is 2.21. The second kappa shape index (κ2) is 15.1. The van der Waals surface area contributed by atoms with Crippen LogP contribution in [-0.4, -0.2) is 28.0 Å². The van der Waals surface area contributed by atoms with Crippen LogP contribution in [0, 0.1) is 0 Å². The fourth-order valence-corrected chi connectivity index (χ4v) is 5.80. The topological polar surface area (TPSA) is 96.4 Å². The Morgan fingerprint density at radius 2 is 1.71 bits per heavy atom. The van der Waals surface area contributed by atoms with Crippen LogP contribution in [0.5, 0.6) is 5.75 Å². The molecule has 1 aromatic heterocycles. The molecule has 1 fully saturated rings. The van der Waals surface area contributed by atoms with Gasteiger partial charge in [0.25, 0.3) is 0 Å². The molecule has 45 heavy (non-hydrogen) atoms. The number of carbonyl (C=O) groups is 2. The van der Waals surface area contributed by atoms with Gasteiger partial charge in [0.05, 0.1) is 12.3 Å². The Morgan fingerprint density at radius 3 is 2.40 bits per heavy atom. The fraction of sp³-hybridized carbons (Fsp3) is 0.324. The molecule has 1 amide bonds. The minimum Gasteiger partial charge on any atom is -0.489 e. The van der Waals surface area contributed by atoms with E-state index < -0.39 is 5.91 Å². The molecule has 2 N–H and O–H groups in total. The summed E-state index contributed by atoms with van der Waals surface area (Å²) in [6, 6.07) is 21.2. The first kappa shape index (κ1) is 32.0. The van der Waals surface area contributed by atoms with Crippen molar-refractivity contribution >= 4 is 29.6 Å². The van der Waals surface area contributed by atoms with Crippen LogP contribution in [0.1, 0.15) is 86.5 Å². The van der Waals surface area contributed by atoms with Crippen molar-refractivity contribution in [2.45, 2.75) is 71.4 Å². The van der Waals surface area contributed by atoms with Gasteiger partial charge in [-0.1, -0.05) is 62.4 Å². The van der Waals surface area contributed by atoms with Gasteiger partial charge in [-0.2, -0.15) is 0 Å². The lowest BCUT2D eigenvalue weighted by Crippen LogP contribution is -2.13. The van der Waals surface area contributed by atoms with Crippen molar-refractivity contribution in [3.05, 3.63) is 100 Å². The highest BCUT2D eigenvalue weighted by Crippen LogP contribution is 2.34. The van der Waals surface area contributed by atoms with E-state index >= 15 is 0 Å². The van der Waals surface area contributed by atoms with Crippen LogP contribution in [0.15, 0.2) is 78.5 Å². The van der Waals surface area contributed by atoms with Gasteiger partial charge in [0.2, 0.25) is 5.91 Å². The molecule has 0 atom stereocenters. The predicted octanol–water partition coefficient (Wildman–Crippen LogP) is 8.80. The minimum atomic E-state index is -0.491. The van der Waals surface area contributed by atoms with E-state index in [9.17, 15) is 9.59 Å². The zero-order chi connectivity index (χ0) is 31.8. The van der Waals surface area contributed by atoms with E-state index in [1.54, 1.807) is 19.1 Å². The third-order valence-corrected chi connectivity index (χ3v) is 8.44. The average Bonchev–Trinajstić information content (AvgIpc) is 3.48. The van der Waals surface area contributed by atoms with Crippen LogP contribution in [0.3, 0.4) is 0 Å². The van der Waals surface area contributed by atoms with Gasteiger partial charge in [0.15, 0.2) is 0 Å². The summed E-state index contributed by atoms with van der Waals surface area (Å²) in [4.78, 5) is 29.4. The van der Waals surface area contributed by atoms with Crippen LogP contribution in [0.25, 0.3) is 28.6 Å². The number of imidazole rings is 1. The lowest BCUT2D eigenvalue weighted by atomic mass is 9.95. The van der Waals surface area contributed by atoms with Crippen LogP contribution in [-0.2, 0) is 16.1 Å². The number of nitrogens with zero attached hydrogens (tertiary/aromatic N) is 2. The maximum absolute atomic E-state index is 12.5. The standard InChI is InChI=1S/C37H40ClN3O4/c1-3-4-20-44-37(43)25(2)21-31-23-41(32-8-6-5-7-9-32)36(40-31)27-12-17-33(18-13-27)45-24-29-22-28(35(39)42)14-19-34(29)26-10-15-30(38)16-11-26/h10-19,21-23,32H,3-9,20,24H2,1-2H3,(H2,39,42)/b25-21+. The van der Waals surface area contributed by atoms with Gasteiger partial charge in [0.1, 0.15) is 18.2 Å². The molecule has 0 bridgehead atoms. The molecule has 3 aromatic carbocycles. The molecule has 1 aliphatic carbocycles. The minimum absolute atomic E-state index is 0.248. The molecule has 0 spiro atoms. The molecule has 0 unspecified atom stereocenters. The third-order valence-electron chi connectivity index (χ3n) is 8.19. The summed E-state index contributed by atoms with van der Waals surface area (Å²) in [5.74, 6) is 0.756. The number of unbranched alkanes of at least 4 members (excludes halogenated alkanes) is 1. The van der Waals surface area contributed by atoms with Gasteiger partial charge in [-0.15, -0.1) is 0 Å². The maximum atomic E-state index is 12.5. The monoisotopic (exact) mass is 625 g/mol. The van der Waals surface area contributed by atoms with Crippen LogP contribution < -0.4 is 10.5 Å². The molecule has 1 aliphatic rings. The molecule has 0 radical (unpaired) electrons. The SMILES string of the molecule is CCCCOC(=O)/C(C)=C/c1cn(C2CCCCC2)c(-c2ccc(OCc3cc(C(N)=O)ccc3-c3ccc(Cl)cc3)cc2)n1. The number of halogens is 1. The van der Waals surface area contributed by atoms with Crippen LogP contribution in [0.4, 0.5) is 0 Å². The number of esters is 1. The number of hydrogen-bond acceptors (Lipinski definition) is 5. The number of carbonyl (C=O) groups excluding carboxylic acids is 2. The summed E-state index contributed by atoms with van der Waals surface area (Å²) in [5, 5.41) is 0.651. The number of amides is 1. The van der Waals surface area contributed by atoms with Crippen LogP contribution >= 0.6 is 11.6 Å². The highest BCUT2D eigenvalue weighted by molar-refractivity contribution is 6.30. The van der Waals surface area contributed by atoms with Crippen molar-refractivity contribution in [1.82, 2.24) is 9.55 Å². The van der Waals surface area contributed by atoms with Gasteiger partial charge >= 0.3 is 5.97 Å². The summed E-state index contributed by atoms with van der Waals surface area (Å²) >= 11 is 6.10. The molecule has 4 aromatic rings. The first-order chi connectivity index (χ1) is 21.8. The predicted molar refractivity (Wildman–Crippen MR) is 179 cm³/mol. The zero-order valence-electron chi connectivity index (χ0n) is 25.9. The van der Waals surface area contributed by atoms with E-state index in [0.717, 1.165) is 59.5 Å². The van der Waals surface area contributed by atoms with E-state index in [2.05, 4.69) is 17.7 Å². The number of hydrogen-bond donors (Lipinski definition) is 1. The van der Waals surface area contributed by atoms with Crippen molar-refractivity contribution in [2.24, 2.45) is 5.73 Å². The van der Waals surface area contributed by atoms with E-state index in [1.165, 1.54) is 19.3 Å². The summed E-state index contributed by atoms with van der Waals surface area (Å²) in [6.07, 6.45) is 11.5. The Morgan fingerprint density at radius 1 is 1.00 bits per heavy atom. The fourth-order valence-electron chi connectivity index (χ4n) is 5.68. The molecular weight excluding hydrogens is 586 g/mol. The summed E-state index contributed by atoms with van der Waals surface area (Å²) < 4.78 is 13.9. The second-order valence-corrected chi connectivity index (χ2v) is 12.0. The molecule has 7 nitrogen and oxygen atoms in total. The first-order valence-corrected chi connectivity index (χ1v) is 16.1.